The number of sulfonamides is 1. The van der Waals surface area contributed by atoms with Gasteiger partial charge in [-0.1, -0.05) is 25.1 Å². The predicted molar refractivity (Wildman–Crippen MR) is 84.9 cm³/mol. The van der Waals surface area contributed by atoms with Crippen LogP contribution in [-0.2, 0) is 21.9 Å². The van der Waals surface area contributed by atoms with Crippen LogP contribution < -0.4 is 4.72 Å². The highest BCUT2D eigenvalue weighted by Gasteiger charge is 2.25. The number of hydrogen-bond acceptors (Lipinski definition) is 5. The summed E-state index contributed by atoms with van der Waals surface area (Å²) in [4.78, 5) is 13.1. The summed E-state index contributed by atoms with van der Waals surface area (Å²) in [5.74, 6) is -0.528. The second-order valence-corrected chi connectivity index (χ2v) is 7.61. The molecule has 0 saturated heterocycles. The maximum Gasteiger partial charge on any atom is 0.267 e. The van der Waals surface area contributed by atoms with Gasteiger partial charge in [0.25, 0.3) is 10.0 Å². The summed E-state index contributed by atoms with van der Waals surface area (Å²) in [6.45, 7) is 1.84. The van der Waals surface area contributed by atoms with E-state index in [1.54, 1.807) is 7.05 Å². The van der Waals surface area contributed by atoms with E-state index in [-0.39, 0.29) is 4.90 Å². The molecule has 118 valence electrons. The van der Waals surface area contributed by atoms with Gasteiger partial charge in [0, 0.05) is 18.1 Å². The Morgan fingerprint density at radius 1 is 1.36 bits per heavy atom. The molecule has 8 heteroatoms. The number of nitrogens with one attached hydrogen (secondary N) is 1. The number of carbonyl (C=O) groups excluding carboxylic acids is 1. The lowest BCUT2D eigenvalue weighted by molar-refractivity contribution is -0.118. The molecular formula is C14H17N3O3S2. The van der Waals surface area contributed by atoms with Crippen molar-refractivity contribution in [1.82, 2.24) is 14.5 Å². The Bertz CT molecular complexity index is 742. The molecule has 0 aliphatic rings. The average molecular weight is 339 g/mol. The first kappa shape index (κ1) is 16.6. The van der Waals surface area contributed by atoms with Gasteiger partial charge in [-0.25, -0.2) is 13.1 Å². The zero-order valence-electron chi connectivity index (χ0n) is 12.3. The fourth-order valence-electron chi connectivity index (χ4n) is 1.78. The normalized spacial score (nSPS) is 12.8. The summed E-state index contributed by atoms with van der Waals surface area (Å²) in [6.07, 6.45) is 3.08. The number of aromatic nitrogens is 2. The van der Waals surface area contributed by atoms with Crippen molar-refractivity contribution in [2.24, 2.45) is 7.05 Å². The molecule has 0 fully saturated rings. The lowest BCUT2D eigenvalue weighted by Crippen LogP contribution is -2.36. The first-order valence-electron chi connectivity index (χ1n) is 6.69. The van der Waals surface area contributed by atoms with Gasteiger partial charge in [-0.05, 0) is 18.6 Å². The van der Waals surface area contributed by atoms with Crippen LogP contribution in [0.3, 0.4) is 0 Å². The second-order valence-electron chi connectivity index (χ2n) is 4.65. The maximum absolute atomic E-state index is 12.2. The van der Waals surface area contributed by atoms with Crippen LogP contribution in [0.4, 0.5) is 0 Å². The van der Waals surface area contributed by atoms with E-state index in [2.05, 4.69) is 9.82 Å². The number of rotatable bonds is 6. The first-order chi connectivity index (χ1) is 10.4. The zero-order chi connectivity index (χ0) is 16.2. The molecule has 1 heterocycles. The molecule has 0 aliphatic carbocycles. The number of nitrogens with zero attached hydrogens (tertiary/aromatic N) is 2. The number of hydrogen-bond donors (Lipinski definition) is 1. The Labute approximate surface area is 134 Å². The van der Waals surface area contributed by atoms with Crippen molar-refractivity contribution < 1.29 is 13.2 Å². The van der Waals surface area contributed by atoms with Crippen LogP contribution in [0.2, 0.25) is 0 Å². The standard InChI is InChI=1S/C14H17N3O3S2/c1-3-13(21-11-7-5-4-6-8-11)14(18)16-22(19,20)12-9-15-17(2)10-12/h4-10,13H,3H2,1-2H3,(H,16,18)/t13-/m0/s1. The molecule has 0 spiro atoms. The summed E-state index contributed by atoms with van der Waals surface area (Å²) in [7, 11) is -2.27. The molecule has 1 amide bonds. The van der Waals surface area contributed by atoms with Crippen LogP contribution in [-0.4, -0.2) is 29.4 Å². The number of benzene rings is 1. The molecule has 22 heavy (non-hydrogen) atoms. The number of aryl methyl sites for hydroxylation is 1. The smallest absolute Gasteiger partial charge is 0.267 e. The highest BCUT2D eigenvalue weighted by Crippen LogP contribution is 2.25. The Morgan fingerprint density at radius 3 is 2.59 bits per heavy atom. The average Bonchev–Trinajstić information content (AvgIpc) is 2.93. The van der Waals surface area contributed by atoms with Gasteiger partial charge < -0.3 is 0 Å². The van der Waals surface area contributed by atoms with E-state index in [0.29, 0.717) is 6.42 Å². The third kappa shape index (κ3) is 4.11. The molecule has 1 N–H and O–H groups in total. The molecule has 1 aromatic carbocycles. The lowest BCUT2D eigenvalue weighted by atomic mass is 10.3. The SMILES string of the molecule is CC[C@H](Sc1ccccc1)C(=O)NS(=O)(=O)c1cnn(C)c1. The van der Waals surface area contributed by atoms with Crippen molar-refractivity contribution in [1.29, 1.82) is 0 Å². The van der Waals surface area contributed by atoms with Gasteiger partial charge in [-0.2, -0.15) is 5.10 Å². The van der Waals surface area contributed by atoms with Crippen molar-refractivity contribution >= 4 is 27.7 Å². The van der Waals surface area contributed by atoms with E-state index in [0.717, 1.165) is 4.90 Å². The summed E-state index contributed by atoms with van der Waals surface area (Å²) in [5.41, 5.74) is 0. The van der Waals surface area contributed by atoms with Crippen LogP contribution in [0.25, 0.3) is 0 Å². The molecule has 0 aliphatic heterocycles. The van der Waals surface area contributed by atoms with E-state index < -0.39 is 21.2 Å². The molecule has 2 rings (SSSR count). The Hall–Kier alpha value is -1.80. The molecule has 0 saturated carbocycles. The third-order valence-electron chi connectivity index (χ3n) is 2.91. The number of thioether (sulfide) groups is 1. The van der Waals surface area contributed by atoms with Crippen molar-refractivity contribution in [2.75, 3.05) is 0 Å². The lowest BCUT2D eigenvalue weighted by Gasteiger charge is -2.14. The van der Waals surface area contributed by atoms with Gasteiger partial charge in [0.1, 0.15) is 4.90 Å². The fraction of sp³-hybridized carbons (Fsp3) is 0.286. The van der Waals surface area contributed by atoms with Gasteiger partial charge in [-0.15, -0.1) is 11.8 Å². The Kier molecular flexibility index (Phi) is 5.25. The van der Waals surface area contributed by atoms with Crippen LogP contribution in [0, 0.1) is 0 Å². The second kappa shape index (κ2) is 6.97. The van der Waals surface area contributed by atoms with Crippen LogP contribution in [0.15, 0.2) is 52.5 Å². The van der Waals surface area contributed by atoms with Crippen molar-refractivity contribution in [3.8, 4) is 0 Å². The van der Waals surface area contributed by atoms with E-state index in [1.165, 1.54) is 28.8 Å². The predicted octanol–water partition coefficient (Wildman–Crippen LogP) is 1.80. The van der Waals surface area contributed by atoms with E-state index >= 15 is 0 Å². The van der Waals surface area contributed by atoms with Gasteiger partial charge in [0.05, 0.1) is 11.4 Å². The van der Waals surface area contributed by atoms with Crippen LogP contribution >= 0.6 is 11.8 Å². The van der Waals surface area contributed by atoms with Gasteiger partial charge >= 0.3 is 0 Å². The first-order valence-corrected chi connectivity index (χ1v) is 9.05. The minimum Gasteiger partial charge on any atom is -0.274 e. The van der Waals surface area contributed by atoms with E-state index in [1.807, 2.05) is 37.3 Å². The Morgan fingerprint density at radius 2 is 2.05 bits per heavy atom. The van der Waals surface area contributed by atoms with E-state index in [9.17, 15) is 13.2 Å². The summed E-state index contributed by atoms with van der Waals surface area (Å²) in [5, 5.41) is 3.33. The largest absolute Gasteiger partial charge is 0.274 e. The van der Waals surface area contributed by atoms with Crippen molar-refractivity contribution in [3.05, 3.63) is 42.7 Å². The van der Waals surface area contributed by atoms with Gasteiger partial charge in [0.15, 0.2) is 0 Å². The van der Waals surface area contributed by atoms with Crippen molar-refractivity contribution in [3.63, 3.8) is 0 Å². The highest BCUT2D eigenvalue weighted by atomic mass is 32.2. The van der Waals surface area contributed by atoms with E-state index in [4.69, 9.17) is 0 Å². The molecule has 2 aromatic rings. The molecule has 6 nitrogen and oxygen atoms in total. The zero-order valence-corrected chi connectivity index (χ0v) is 13.9. The molecular weight excluding hydrogens is 322 g/mol. The minimum absolute atomic E-state index is 0.0251. The number of carbonyl (C=O) groups is 1. The van der Waals surface area contributed by atoms with Gasteiger partial charge in [-0.3, -0.25) is 9.48 Å². The minimum atomic E-state index is -3.88. The third-order valence-corrected chi connectivity index (χ3v) is 5.59. The topological polar surface area (TPSA) is 81.1 Å². The van der Waals surface area contributed by atoms with Crippen molar-refractivity contribution in [2.45, 2.75) is 28.4 Å². The molecule has 0 unspecified atom stereocenters. The molecule has 0 radical (unpaired) electrons. The fourth-order valence-corrected chi connectivity index (χ4v) is 3.83. The molecule has 1 atom stereocenters. The summed E-state index contributed by atoms with van der Waals surface area (Å²) >= 11 is 1.34. The highest BCUT2D eigenvalue weighted by molar-refractivity contribution is 8.00. The Balaban J connectivity index is 2.09. The number of amides is 1. The molecule has 1 aromatic heterocycles. The van der Waals surface area contributed by atoms with Gasteiger partial charge in [0.2, 0.25) is 5.91 Å². The monoisotopic (exact) mass is 339 g/mol. The maximum atomic E-state index is 12.2. The van der Waals surface area contributed by atoms with Crippen LogP contribution in [0.1, 0.15) is 13.3 Å². The summed E-state index contributed by atoms with van der Waals surface area (Å²) < 4.78 is 27.8. The molecule has 0 bridgehead atoms. The quantitative estimate of drug-likeness (QED) is 0.812. The summed E-state index contributed by atoms with van der Waals surface area (Å²) in [6, 6.07) is 9.41. The van der Waals surface area contributed by atoms with Crippen LogP contribution in [0.5, 0.6) is 0 Å².